The van der Waals surface area contributed by atoms with E-state index in [2.05, 4.69) is 29.8 Å². The zero-order chi connectivity index (χ0) is 14.9. The fourth-order valence-corrected chi connectivity index (χ4v) is 2.35. The zero-order valence-electron chi connectivity index (χ0n) is 11.1. The van der Waals surface area contributed by atoms with Crippen LogP contribution in [0.5, 0.6) is 0 Å². The van der Waals surface area contributed by atoms with Crippen molar-refractivity contribution in [2.45, 2.75) is 19.8 Å². The van der Waals surface area contributed by atoms with E-state index in [9.17, 15) is 9.18 Å². The maximum Gasteiger partial charge on any atom is 0.196 e. The van der Waals surface area contributed by atoms with E-state index in [1.165, 1.54) is 12.1 Å². The number of carbonyl (C=O) groups excluding carboxylic acids is 1. The molecule has 4 heteroatoms. The lowest BCUT2D eigenvalue weighted by atomic mass is 9.98. The number of hydrogen-bond acceptors (Lipinski definition) is 1. The Morgan fingerprint density at radius 3 is 2.35 bits per heavy atom. The van der Waals surface area contributed by atoms with E-state index in [1.54, 1.807) is 12.1 Å². The lowest BCUT2D eigenvalue weighted by Crippen LogP contribution is -2.05. The van der Waals surface area contributed by atoms with Crippen LogP contribution < -0.4 is 0 Å². The molecule has 0 heterocycles. The van der Waals surface area contributed by atoms with E-state index in [0.717, 1.165) is 5.56 Å². The molecule has 0 radical (unpaired) electrons. The molecule has 0 aliphatic heterocycles. The SMILES string of the molecule is CC(C)c1ccc(C(=O)c2cc(Cl)c(Br)cc2F)cc1. The lowest BCUT2D eigenvalue weighted by molar-refractivity contribution is 0.103. The van der Waals surface area contributed by atoms with Gasteiger partial charge >= 0.3 is 0 Å². The summed E-state index contributed by atoms with van der Waals surface area (Å²) < 4.78 is 14.3. The van der Waals surface area contributed by atoms with Crippen molar-refractivity contribution >= 4 is 33.3 Å². The van der Waals surface area contributed by atoms with Crippen molar-refractivity contribution in [2.24, 2.45) is 0 Å². The molecule has 20 heavy (non-hydrogen) atoms. The van der Waals surface area contributed by atoms with E-state index in [4.69, 9.17) is 11.6 Å². The predicted octanol–water partition coefficient (Wildman–Crippen LogP) is 5.60. The number of halogens is 3. The van der Waals surface area contributed by atoms with Crippen LogP contribution >= 0.6 is 27.5 Å². The van der Waals surface area contributed by atoms with Crippen molar-refractivity contribution in [3.8, 4) is 0 Å². The highest BCUT2D eigenvalue weighted by atomic mass is 79.9. The first-order valence-corrected chi connectivity index (χ1v) is 7.36. The van der Waals surface area contributed by atoms with Crippen molar-refractivity contribution in [2.75, 3.05) is 0 Å². The van der Waals surface area contributed by atoms with Gasteiger partial charge in [0.15, 0.2) is 5.78 Å². The average molecular weight is 356 g/mol. The molecular formula is C16H13BrClFO. The first-order chi connectivity index (χ1) is 9.40. The topological polar surface area (TPSA) is 17.1 Å². The van der Waals surface area contributed by atoms with Crippen molar-refractivity contribution in [1.29, 1.82) is 0 Å². The number of rotatable bonds is 3. The van der Waals surface area contributed by atoms with Gasteiger partial charge in [-0.3, -0.25) is 4.79 Å². The number of carbonyl (C=O) groups is 1. The van der Waals surface area contributed by atoms with Crippen LogP contribution in [0.15, 0.2) is 40.9 Å². The summed E-state index contributed by atoms with van der Waals surface area (Å²) in [5, 5.41) is 0.313. The van der Waals surface area contributed by atoms with Crippen LogP contribution in [0.1, 0.15) is 41.3 Å². The number of benzene rings is 2. The van der Waals surface area contributed by atoms with Crippen molar-refractivity contribution in [3.05, 3.63) is 68.4 Å². The monoisotopic (exact) mass is 354 g/mol. The molecule has 0 saturated carbocycles. The summed E-state index contributed by atoms with van der Waals surface area (Å²) >= 11 is 9.05. The standard InChI is InChI=1S/C16H13BrClFO/c1-9(2)10-3-5-11(6-4-10)16(20)12-7-14(18)13(17)8-15(12)19/h3-9H,1-2H3. The number of ketones is 1. The molecule has 0 aromatic heterocycles. The van der Waals surface area contributed by atoms with Crippen LogP contribution in [0.25, 0.3) is 0 Å². The minimum absolute atomic E-state index is 0.0181. The Hall–Kier alpha value is -1.19. The second-order valence-electron chi connectivity index (χ2n) is 4.85. The Labute approximate surface area is 130 Å². The van der Waals surface area contributed by atoms with Gasteiger partial charge in [0.25, 0.3) is 0 Å². The summed E-state index contributed by atoms with van der Waals surface area (Å²) in [4.78, 5) is 12.3. The smallest absolute Gasteiger partial charge is 0.196 e. The summed E-state index contributed by atoms with van der Waals surface area (Å²) in [6, 6.07) is 9.75. The summed E-state index contributed by atoms with van der Waals surface area (Å²) in [5.41, 5.74) is 1.57. The van der Waals surface area contributed by atoms with E-state index < -0.39 is 5.82 Å². The van der Waals surface area contributed by atoms with Crippen LogP contribution in [0.3, 0.4) is 0 Å². The van der Waals surface area contributed by atoms with E-state index in [1.807, 2.05) is 12.1 Å². The molecule has 0 amide bonds. The van der Waals surface area contributed by atoms with Gasteiger partial charge in [0.1, 0.15) is 5.82 Å². The lowest BCUT2D eigenvalue weighted by Gasteiger charge is -2.08. The third-order valence-corrected chi connectivity index (χ3v) is 4.29. The molecule has 0 aliphatic rings. The second-order valence-corrected chi connectivity index (χ2v) is 6.11. The zero-order valence-corrected chi connectivity index (χ0v) is 13.4. The molecule has 2 aromatic rings. The highest BCUT2D eigenvalue weighted by Gasteiger charge is 2.16. The third-order valence-electron chi connectivity index (χ3n) is 3.09. The van der Waals surface area contributed by atoms with E-state index >= 15 is 0 Å². The quantitative estimate of drug-likeness (QED) is 0.517. The minimum atomic E-state index is -0.584. The molecule has 0 aliphatic carbocycles. The van der Waals surface area contributed by atoms with Crippen LogP contribution in [0.4, 0.5) is 4.39 Å². The summed E-state index contributed by atoms with van der Waals surface area (Å²) in [6.07, 6.45) is 0. The maximum absolute atomic E-state index is 13.9. The van der Waals surface area contributed by atoms with Gasteiger partial charge in [-0.25, -0.2) is 4.39 Å². The second kappa shape index (κ2) is 6.06. The summed E-state index contributed by atoms with van der Waals surface area (Å²) in [7, 11) is 0. The molecule has 2 aromatic carbocycles. The van der Waals surface area contributed by atoms with E-state index in [0.29, 0.717) is 21.0 Å². The Morgan fingerprint density at radius 1 is 1.20 bits per heavy atom. The molecule has 0 fully saturated rings. The molecule has 1 nitrogen and oxygen atoms in total. The highest BCUT2D eigenvalue weighted by Crippen LogP contribution is 2.27. The molecule has 0 spiro atoms. The molecule has 0 N–H and O–H groups in total. The van der Waals surface area contributed by atoms with Crippen LogP contribution in [0, 0.1) is 5.82 Å². The largest absolute Gasteiger partial charge is 0.288 e. The Balaban J connectivity index is 2.38. The van der Waals surface area contributed by atoms with Gasteiger partial charge in [0, 0.05) is 10.0 Å². The highest BCUT2D eigenvalue weighted by molar-refractivity contribution is 9.10. The van der Waals surface area contributed by atoms with Gasteiger partial charge < -0.3 is 0 Å². The van der Waals surface area contributed by atoms with E-state index in [-0.39, 0.29) is 11.3 Å². The number of hydrogen-bond donors (Lipinski definition) is 0. The molecule has 0 unspecified atom stereocenters. The third kappa shape index (κ3) is 3.10. The van der Waals surface area contributed by atoms with Gasteiger partial charge in [0.05, 0.1) is 10.6 Å². The Kier molecular flexibility index (Phi) is 4.61. The van der Waals surface area contributed by atoms with Gasteiger partial charge in [0.2, 0.25) is 0 Å². The molecule has 0 saturated heterocycles. The fraction of sp³-hybridized carbons (Fsp3) is 0.188. The summed E-state index contributed by atoms with van der Waals surface area (Å²) in [5.74, 6) is -0.565. The van der Waals surface area contributed by atoms with Crippen LogP contribution in [-0.2, 0) is 0 Å². The normalized spacial score (nSPS) is 10.9. The van der Waals surface area contributed by atoms with Crippen molar-refractivity contribution in [1.82, 2.24) is 0 Å². The van der Waals surface area contributed by atoms with Crippen LogP contribution in [0.2, 0.25) is 5.02 Å². The predicted molar refractivity (Wildman–Crippen MR) is 83.1 cm³/mol. The van der Waals surface area contributed by atoms with Crippen molar-refractivity contribution < 1.29 is 9.18 Å². The molecule has 0 atom stereocenters. The molecule has 2 rings (SSSR count). The fourth-order valence-electron chi connectivity index (χ4n) is 1.87. The molecular weight excluding hydrogens is 343 g/mol. The molecule has 104 valence electrons. The van der Waals surface area contributed by atoms with Gasteiger partial charge in [-0.1, -0.05) is 49.7 Å². The van der Waals surface area contributed by atoms with Gasteiger partial charge in [-0.2, -0.15) is 0 Å². The summed E-state index contributed by atoms with van der Waals surface area (Å²) in [6.45, 7) is 4.15. The van der Waals surface area contributed by atoms with Gasteiger partial charge in [-0.15, -0.1) is 0 Å². The average Bonchev–Trinajstić information content (AvgIpc) is 2.42. The Morgan fingerprint density at radius 2 is 1.80 bits per heavy atom. The van der Waals surface area contributed by atoms with Crippen molar-refractivity contribution in [3.63, 3.8) is 0 Å². The van der Waals surface area contributed by atoms with Gasteiger partial charge in [-0.05, 0) is 39.5 Å². The van der Waals surface area contributed by atoms with Crippen LogP contribution in [-0.4, -0.2) is 5.78 Å². The first-order valence-electron chi connectivity index (χ1n) is 6.19. The minimum Gasteiger partial charge on any atom is -0.288 e. The first kappa shape index (κ1) is 15.2. The maximum atomic E-state index is 13.9. The Bertz CT molecular complexity index is 650. The molecule has 0 bridgehead atoms.